The highest BCUT2D eigenvalue weighted by Gasteiger charge is 2.22. The molecular formula is C20H24N6O. The van der Waals surface area contributed by atoms with Gasteiger partial charge in [0.05, 0.1) is 18.8 Å². The average molecular weight is 364 g/mol. The first-order valence-electron chi connectivity index (χ1n) is 9.75. The molecule has 3 aromatic rings. The number of hydrogen-bond acceptors (Lipinski definition) is 5. The maximum absolute atomic E-state index is 6.20. The van der Waals surface area contributed by atoms with E-state index in [2.05, 4.69) is 43.4 Å². The molecule has 7 heteroatoms. The van der Waals surface area contributed by atoms with Gasteiger partial charge in [0.1, 0.15) is 17.5 Å². The van der Waals surface area contributed by atoms with E-state index in [1.54, 1.807) is 0 Å². The number of imidazole rings is 1. The van der Waals surface area contributed by atoms with E-state index in [1.165, 1.54) is 5.56 Å². The first kappa shape index (κ1) is 16.5. The van der Waals surface area contributed by atoms with E-state index >= 15 is 0 Å². The van der Waals surface area contributed by atoms with Gasteiger partial charge in [-0.15, -0.1) is 5.10 Å². The minimum atomic E-state index is 0.146. The molecule has 1 aromatic carbocycles. The van der Waals surface area contributed by atoms with E-state index in [-0.39, 0.29) is 6.10 Å². The lowest BCUT2D eigenvalue weighted by Gasteiger charge is -2.26. The molecular weight excluding hydrogens is 340 g/mol. The van der Waals surface area contributed by atoms with Crippen molar-refractivity contribution in [2.45, 2.75) is 44.4 Å². The van der Waals surface area contributed by atoms with Crippen molar-refractivity contribution < 1.29 is 4.74 Å². The van der Waals surface area contributed by atoms with Crippen LogP contribution in [0, 0.1) is 0 Å². The number of hydrogen-bond donors (Lipinski definition) is 1. The van der Waals surface area contributed by atoms with E-state index in [1.807, 2.05) is 29.3 Å². The first-order valence-corrected chi connectivity index (χ1v) is 9.75. The molecule has 1 fully saturated rings. The van der Waals surface area contributed by atoms with Gasteiger partial charge in [-0.3, -0.25) is 0 Å². The smallest absolute Gasteiger partial charge is 0.162 e. The number of nitrogens with one attached hydrogen (secondary N) is 1. The summed E-state index contributed by atoms with van der Waals surface area (Å²) in [5.41, 5.74) is 2.12. The summed E-state index contributed by atoms with van der Waals surface area (Å²) in [7, 11) is 0. The number of piperidine rings is 1. The zero-order valence-corrected chi connectivity index (χ0v) is 15.3. The molecule has 1 atom stereocenters. The molecule has 1 N–H and O–H groups in total. The number of rotatable bonds is 4. The van der Waals surface area contributed by atoms with Gasteiger partial charge in [0, 0.05) is 12.4 Å². The van der Waals surface area contributed by atoms with Gasteiger partial charge in [-0.25, -0.2) is 9.67 Å². The Hall–Kier alpha value is -2.67. The molecule has 5 rings (SSSR count). The van der Waals surface area contributed by atoms with Crippen LogP contribution in [0.4, 0.5) is 0 Å². The van der Waals surface area contributed by atoms with Crippen LogP contribution in [0.3, 0.4) is 0 Å². The fourth-order valence-electron chi connectivity index (χ4n) is 4.05. The maximum atomic E-state index is 6.20. The van der Waals surface area contributed by atoms with Crippen LogP contribution in [0.5, 0.6) is 5.75 Å². The molecule has 140 valence electrons. The predicted octanol–water partition coefficient (Wildman–Crippen LogP) is 2.46. The molecule has 0 unspecified atom stereocenters. The van der Waals surface area contributed by atoms with E-state index < -0.39 is 0 Å². The van der Waals surface area contributed by atoms with Crippen LogP contribution >= 0.6 is 0 Å². The van der Waals surface area contributed by atoms with Gasteiger partial charge in [0.2, 0.25) is 0 Å². The van der Waals surface area contributed by atoms with Gasteiger partial charge in [-0.1, -0.05) is 23.4 Å². The van der Waals surface area contributed by atoms with Crippen LogP contribution in [0.1, 0.15) is 30.9 Å². The number of benzene rings is 1. The highest BCUT2D eigenvalue weighted by molar-refractivity contribution is 5.47. The van der Waals surface area contributed by atoms with Crippen LogP contribution in [0.2, 0.25) is 0 Å². The second-order valence-electron chi connectivity index (χ2n) is 7.35. The van der Waals surface area contributed by atoms with Crippen molar-refractivity contribution in [2.75, 3.05) is 13.1 Å². The lowest BCUT2D eigenvalue weighted by molar-refractivity contribution is 0.154. The van der Waals surface area contributed by atoms with Gasteiger partial charge in [0.15, 0.2) is 5.82 Å². The fraction of sp³-hybridized carbons (Fsp3) is 0.450. The summed E-state index contributed by atoms with van der Waals surface area (Å²) < 4.78 is 10.3. The normalized spacial score (nSPS) is 20.2. The third-order valence-electron chi connectivity index (χ3n) is 5.54. The quantitative estimate of drug-likeness (QED) is 0.770. The molecule has 2 aromatic heterocycles. The average Bonchev–Trinajstić information content (AvgIpc) is 3.38. The molecule has 2 aliphatic rings. The zero-order chi connectivity index (χ0) is 18.1. The lowest BCUT2D eigenvalue weighted by Crippen LogP contribution is -2.29. The van der Waals surface area contributed by atoms with Gasteiger partial charge >= 0.3 is 0 Å². The molecule has 4 heterocycles. The topological polar surface area (TPSA) is 69.8 Å². The lowest BCUT2D eigenvalue weighted by atomic mass is 10.0. The van der Waals surface area contributed by atoms with Crippen molar-refractivity contribution in [3.63, 3.8) is 0 Å². The van der Waals surface area contributed by atoms with E-state index in [4.69, 9.17) is 4.74 Å². The number of ether oxygens (including phenoxy) is 1. The highest BCUT2D eigenvalue weighted by atomic mass is 16.5. The number of aryl methyl sites for hydroxylation is 1. The Kier molecular flexibility index (Phi) is 4.37. The van der Waals surface area contributed by atoms with Gasteiger partial charge < -0.3 is 14.6 Å². The molecule has 1 saturated heterocycles. The van der Waals surface area contributed by atoms with E-state index in [9.17, 15) is 0 Å². The Labute approximate surface area is 158 Å². The Morgan fingerprint density at radius 2 is 2.04 bits per heavy atom. The third-order valence-corrected chi connectivity index (χ3v) is 5.54. The minimum absolute atomic E-state index is 0.146. The Morgan fingerprint density at radius 3 is 2.96 bits per heavy atom. The number of nitrogens with zero attached hydrogens (tertiary/aromatic N) is 5. The summed E-state index contributed by atoms with van der Waals surface area (Å²) in [6.07, 6.45) is 10.3. The summed E-state index contributed by atoms with van der Waals surface area (Å²) in [5.74, 6) is 1.87. The summed E-state index contributed by atoms with van der Waals surface area (Å²) in [4.78, 5) is 4.53. The SMILES string of the molecule is c1ccc2c(c1)CC[C@H](Cn1ccnc1-c1cn(C3CCNCC3)nn1)O2. The molecule has 27 heavy (non-hydrogen) atoms. The van der Waals surface area contributed by atoms with Crippen molar-refractivity contribution in [3.05, 3.63) is 48.4 Å². The standard InChI is InChI=1S/C20H24N6O/c1-2-4-19-15(3-1)5-6-17(27-19)13-25-12-11-22-20(25)18-14-26(24-23-18)16-7-9-21-10-8-16/h1-4,11-12,14,16-17,21H,5-10,13H2/t17-/m1/s1. The second-order valence-corrected chi connectivity index (χ2v) is 7.35. The maximum Gasteiger partial charge on any atom is 0.162 e. The monoisotopic (exact) mass is 364 g/mol. The highest BCUT2D eigenvalue weighted by Crippen LogP contribution is 2.28. The molecule has 0 amide bonds. The molecule has 7 nitrogen and oxygen atoms in total. The molecule has 2 aliphatic heterocycles. The number of fused-ring (bicyclic) bond motifs is 1. The van der Waals surface area contributed by atoms with Crippen molar-refractivity contribution >= 4 is 0 Å². The Balaban J connectivity index is 1.32. The second kappa shape index (κ2) is 7.15. The molecule has 0 spiro atoms. The van der Waals surface area contributed by atoms with Gasteiger partial charge in [0.25, 0.3) is 0 Å². The minimum Gasteiger partial charge on any atom is -0.488 e. The number of para-hydroxylation sites is 1. The van der Waals surface area contributed by atoms with Crippen molar-refractivity contribution in [1.29, 1.82) is 0 Å². The Morgan fingerprint density at radius 1 is 1.15 bits per heavy atom. The van der Waals surface area contributed by atoms with Crippen LogP contribution in [0.25, 0.3) is 11.5 Å². The van der Waals surface area contributed by atoms with Gasteiger partial charge in [-0.05, 0) is 50.4 Å². The molecule has 0 saturated carbocycles. The molecule has 0 bridgehead atoms. The summed E-state index contributed by atoms with van der Waals surface area (Å²) in [5, 5.41) is 12.1. The number of aromatic nitrogens is 5. The van der Waals surface area contributed by atoms with Crippen molar-refractivity contribution in [3.8, 4) is 17.3 Å². The molecule has 0 radical (unpaired) electrons. The van der Waals surface area contributed by atoms with Gasteiger partial charge in [-0.2, -0.15) is 0 Å². The largest absolute Gasteiger partial charge is 0.488 e. The Bertz CT molecular complexity index is 911. The van der Waals surface area contributed by atoms with Crippen LogP contribution < -0.4 is 10.1 Å². The fourth-order valence-corrected chi connectivity index (χ4v) is 4.05. The van der Waals surface area contributed by atoms with E-state index in [0.29, 0.717) is 6.04 Å². The third kappa shape index (κ3) is 3.35. The summed E-state index contributed by atoms with van der Waals surface area (Å²) in [6, 6.07) is 8.73. The van der Waals surface area contributed by atoms with E-state index in [0.717, 1.165) is 62.6 Å². The van der Waals surface area contributed by atoms with Crippen molar-refractivity contribution in [2.24, 2.45) is 0 Å². The van der Waals surface area contributed by atoms with Crippen LogP contribution in [-0.4, -0.2) is 43.7 Å². The van der Waals surface area contributed by atoms with Crippen molar-refractivity contribution in [1.82, 2.24) is 29.9 Å². The summed E-state index contributed by atoms with van der Waals surface area (Å²) >= 11 is 0. The first-order chi connectivity index (χ1) is 13.4. The zero-order valence-electron chi connectivity index (χ0n) is 15.3. The summed E-state index contributed by atoms with van der Waals surface area (Å²) in [6.45, 7) is 2.84. The van der Waals surface area contributed by atoms with Crippen LogP contribution in [-0.2, 0) is 13.0 Å². The predicted molar refractivity (Wildman–Crippen MR) is 102 cm³/mol. The van der Waals surface area contributed by atoms with Crippen LogP contribution in [0.15, 0.2) is 42.9 Å². The molecule has 0 aliphatic carbocycles.